The van der Waals surface area contributed by atoms with Crippen LogP contribution in [0.25, 0.3) is 5.69 Å². The molecule has 0 aliphatic carbocycles. The second-order valence-electron chi connectivity index (χ2n) is 8.06. The largest absolute Gasteiger partial charge is 0.494 e. The number of thiocarbonyl (C=S) groups is 1. The molecule has 4 aromatic rings. The number of anilines is 1. The average Bonchev–Trinajstić information content (AvgIpc) is 3.45. The summed E-state index contributed by atoms with van der Waals surface area (Å²) in [6.07, 6.45) is 3.92. The summed E-state index contributed by atoms with van der Waals surface area (Å²) in [4.78, 5) is 6.86. The van der Waals surface area contributed by atoms with Crippen LogP contribution in [0, 0.1) is 6.92 Å². The summed E-state index contributed by atoms with van der Waals surface area (Å²) in [5.74, 6) is 0.867. The van der Waals surface area contributed by atoms with E-state index in [1.165, 1.54) is 5.56 Å². The van der Waals surface area contributed by atoms with Crippen molar-refractivity contribution in [1.82, 2.24) is 14.9 Å². The summed E-state index contributed by atoms with van der Waals surface area (Å²) < 4.78 is 7.84. The van der Waals surface area contributed by atoms with Crippen molar-refractivity contribution in [2.75, 3.05) is 11.5 Å². The smallest absolute Gasteiger partial charge is 0.174 e. The first-order chi connectivity index (χ1) is 16.2. The Labute approximate surface area is 199 Å². The maximum Gasteiger partial charge on any atom is 0.174 e. The molecular weight excluding hydrogens is 428 g/mol. The predicted octanol–water partition coefficient (Wildman–Crippen LogP) is 5.76. The fourth-order valence-electron chi connectivity index (χ4n) is 4.38. The van der Waals surface area contributed by atoms with Crippen molar-refractivity contribution in [2.45, 2.75) is 25.9 Å². The van der Waals surface area contributed by atoms with Crippen LogP contribution in [0.1, 0.15) is 36.0 Å². The van der Waals surface area contributed by atoms with Crippen molar-refractivity contribution >= 4 is 23.0 Å². The summed E-state index contributed by atoms with van der Waals surface area (Å²) in [5.41, 5.74) is 5.43. The van der Waals surface area contributed by atoms with Crippen LogP contribution in [0.2, 0.25) is 0 Å². The summed E-state index contributed by atoms with van der Waals surface area (Å²) in [6.45, 7) is 4.73. The number of hydrogen-bond acceptors (Lipinski definition) is 3. The fraction of sp³-hybridized carbons (Fsp3) is 0.185. The first kappa shape index (κ1) is 21.2. The first-order valence-corrected chi connectivity index (χ1v) is 11.5. The van der Waals surface area contributed by atoms with Crippen LogP contribution < -0.4 is 15.0 Å². The normalized spacial score (nSPS) is 17.8. The van der Waals surface area contributed by atoms with Gasteiger partial charge in [-0.1, -0.05) is 23.8 Å². The molecule has 166 valence electrons. The zero-order chi connectivity index (χ0) is 22.8. The number of ether oxygens (including phenoxy) is 1. The Morgan fingerprint density at radius 3 is 2.39 bits per heavy atom. The highest BCUT2D eigenvalue weighted by molar-refractivity contribution is 7.80. The molecule has 1 saturated heterocycles. The van der Waals surface area contributed by atoms with Crippen molar-refractivity contribution in [3.05, 3.63) is 108 Å². The molecule has 5 rings (SSSR count). The minimum absolute atomic E-state index is 0.0725. The monoisotopic (exact) mass is 454 g/mol. The summed E-state index contributed by atoms with van der Waals surface area (Å²) >= 11 is 5.85. The zero-order valence-electron chi connectivity index (χ0n) is 18.7. The second-order valence-corrected chi connectivity index (χ2v) is 8.45. The van der Waals surface area contributed by atoms with Gasteiger partial charge in [-0.05, 0) is 86.7 Å². The highest BCUT2D eigenvalue weighted by atomic mass is 32.1. The molecular formula is C27H26N4OS. The van der Waals surface area contributed by atoms with E-state index in [4.69, 9.17) is 17.0 Å². The van der Waals surface area contributed by atoms with E-state index < -0.39 is 0 Å². The lowest BCUT2D eigenvalue weighted by atomic mass is 10.0. The van der Waals surface area contributed by atoms with Crippen LogP contribution in [-0.4, -0.2) is 21.3 Å². The number of aromatic nitrogens is 2. The Balaban J connectivity index is 1.61. The average molecular weight is 455 g/mol. The molecule has 1 aliphatic rings. The molecule has 1 N–H and O–H groups in total. The van der Waals surface area contributed by atoms with Gasteiger partial charge in [0, 0.05) is 29.5 Å². The minimum atomic E-state index is -0.0867. The van der Waals surface area contributed by atoms with E-state index in [0.717, 1.165) is 28.5 Å². The van der Waals surface area contributed by atoms with Crippen LogP contribution in [0.15, 0.2) is 91.3 Å². The van der Waals surface area contributed by atoms with E-state index in [2.05, 4.69) is 87.5 Å². The SMILES string of the molecule is CCOc1ccc(-n2cccc2[C@H]2[C@H](c3ccccn3)NC(=S)N2c2ccc(C)cc2)cc1. The van der Waals surface area contributed by atoms with Crippen molar-refractivity contribution in [2.24, 2.45) is 0 Å². The third-order valence-corrected chi connectivity index (χ3v) is 6.23. The summed E-state index contributed by atoms with van der Waals surface area (Å²) in [7, 11) is 0. The van der Waals surface area contributed by atoms with Crippen molar-refractivity contribution < 1.29 is 4.74 Å². The molecule has 2 atom stereocenters. The van der Waals surface area contributed by atoms with E-state index in [1.54, 1.807) is 0 Å². The quantitative estimate of drug-likeness (QED) is 0.376. The lowest BCUT2D eigenvalue weighted by molar-refractivity contribution is 0.340. The van der Waals surface area contributed by atoms with Crippen LogP contribution >= 0.6 is 12.2 Å². The van der Waals surface area contributed by atoms with Crippen LogP contribution in [0.3, 0.4) is 0 Å². The third-order valence-electron chi connectivity index (χ3n) is 5.92. The molecule has 1 fully saturated rings. The maximum atomic E-state index is 5.85. The van der Waals surface area contributed by atoms with Gasteiger partial charge in [0.15, 0.2) is 5.11 Å². The van der Waals surface area contributed by atoms with Crippen molar-refractivity contribution in [1.29, 1.82) is 0 Å². The number of benzene rings is 2. The Hall–Kier alpha value is -3.64. The Bertz CT molecular complexity index is 1240. The number of aryl methyl sites for hydroxylation is 1. The minimum Gasteiger partial charge on any atom is -0.494 e. The number of nitrogens with one attached hydrogen (secondary N) is 1. The Morgan fingerprint density at radius 2 is 1.70 bits per heavy atom. The molecule has 0 radical (unpaired) electrons. The molecule has 0 amide bonds. The van der Waals surface area contributed by atoms with Gasteiger partial charge in [0.05, 0.1) is 18.3 Å². The van der Waals surface area contributed by atoms with Gasteiger partial charge in [-0.2, -0.15) is 0 Å². The molecule has 1 aliphatic heterocycles. The van der Waals surface area contributed by atoms with Gasteiger partial charge in [-0.25, -0.2) is 0 Å². The van der Waals surface area contributed by atoms with E-state index in [9.17, 15) is 0 Å². The predicted molar refractivity (Wildman–Crippen MR) is 136 cm³/mol. The summed E-state index contributed by atoms with van der Waals surface area (Å²) in [6, 6.07) is 26.8. The van der Waals surface area contributed by atoms with Gasteiger partial charge in [0.1, 0.15) is 11.8 Å². The van der Waals surface area contributed by atoms with E-state index in [0.29, 0.717) is 11.7 Å². The molecule has 0 spiro atoms. The first-order valence-electron chi connectivity index (χ1n) is 11.1. The summed E-state index contributed by atoms with van der Waals surface area (Å²) in [5, 5.41) is 4.23. The number of hydrogen-bond donors (Lipinski definition) is 1. The molecule has 33 heavy (non-hydrogen) atoms. The topological polar surface area (TPSA) is 42.3 Å². The van der Waals surface area contributed by atoms with Gasteiger partial charge in [0.25, 0.3) is 0 Å². The van der Waals surface area contributed by atoms with Crippen molar-refractivity contribution in [3.63, 3.8) is 0 Å². The van der Waals surface area contributed by atoms with Gasteiger partial charge < -0.3 is 19.5 Å². The third kappa shape index (κ3) is 4.10. The van der Waals surface area contributed by atoms with E-state index in [1.807, 2.05) is 37.4 Å². The number of rotatable bonds is 6. The maximum absolute atomic E-state index is 5.85. The lowest BCUT2D eigenvalue weighted by Gasteiger charge is -2.29. The zero-order valence-corrected chi connectivity index (χ0v) is 19.5. The second kappa shape index (κ2) is 9.08. The van der Waals surface area contributed by atoms with Gasteiger partial charge in [-0.15, -0.1) is 0 Å². The fourth-order valence-corrected chi connectivity index (χ4v) is 4.72. The lowest BCUT2D eigenvalue weighted by Crippen LogP contribution is -2.30. The Morgan fingerprint density at radius 1 is 0.939 bits per heavy atom. The number of pyridine rings is 1. The molecule has 5 nitrogen and oxygen atoms in total. The van der Waals surface area contributed by atoms with E-state index >= 15 is 0 Å². The van der Waals surface area contributed by atoms with Gasteiger partial charge in [0.2, 0.25) is 0 Å². The molecule has 2 aromatic carbocycles. The van der Waals surface area contributed by atoms with Gasteiger partial charge >= 0.3 is 0 Å². The molecule has 0 saturated carbocycles. The van der Waals surface area contributed by atoms with Crippen LogP contribution in [0.5, 0.6) is 5.75 Å². The molecule has 0 unspecified atom stereocenters. The van der Waals surface area contributed by atoms with Crippen LogP contribution in [-0.2, 0) is 0 Å². The van der Waals surface area contributed by atoms with E-state index in [-0.39, 0.29) is 12.1 Å². The number of nitrogens with zero attached hydrogens (tertiary/aromatic N) is 3. The highest BCUT2D eigenvalue weighted by Gasteiger charge is 2.42. The molecule has 6 heteroatoms. The Kier molecular flexibility index (Phi) is 5.84. The molecule has 2 aromatic heterocycles. The van der Waals surface area contributed by atoms with Crippen molar-refractivity contribution in [3.8, 4) is 11.4 Å². The van der Waals surface area contributed by atoms with Gasteiger partial charge in [-0.3, -0.25) is 4.98 Å². The molecule has 0 bridgehead atoms. The molecule has 3 heterocycles. The van der Waals surface area contributed by atoms with Crippen LogP contribution in [0.4, 0.5) is 5.69 Å². The highest BCUT2D eigenvalue weighted by Crippen LogP contribution is 2.42. The standard InChI is InChI=1S/C27H26N4OS/c1-3-32-22-15-13-20(14-16-22)30-18-6-8-24(30)26-25(23-7-4-5-17-28-23)29-27(33)31(26)21-11-9-19(2)10-12-21/h4-18,25-26H,3H2,1-2H3,(H,29,33)/t25-,26-/m0/s1.